The molecule has 32 N–H and O–H groups in total. The lowest BCUT2D eigenvalue weighted by atomic mass is 9.78. The number of benzene rings is 4. The van der Waals surface area contributed by atoms with Crippen LogP contribution in [0.2, 0.25) is 0 Å². The maximum Gasteiger partial charge on any atom is 0.119 e. The molecule has 2 saturated heterocycles. The number of aliphatic hydroxyl groups excluding tert-OH is 8. The van der Waals surface area contributed by atoms with Crippen molar-refractivity contribution in [1.29, 1.82) is 0 Å². The molecule has 0 aliphatic carbocycles. The number of hydrogen-bond donors (Lipinski definition) is 24. The minimum Gasteiger partial charge on any atom is -0.491 e. The highest BCUT2D eigenvalue weighted by atomic mass is 16.6. The number of rotatable bonds is 38. The molecule has 0 amide bonds. The van der Waals surface area contributed by atoms with E-state index in [0.29, 0.717) is 65.6 Å². The number of aliphatic hydroxyl groups is 8. The van der Waals surface area contributed by atoms with Gasteiger partial charge in [-0.2, -0.15) is 0 Å². The van der Waals surface area contributed by atoms with Crippen molar-refractivity contribution in [3.8, 4) is 23.0 Å². The van der Waals surface area contributed by atoms with Gasteiger partial charge in [0.15, 0.2) is 0 Å². The SMILES string of the molecule is CC(C)(c1ccc(OCC2CO2)cc1)c1ccc(OCC2CO2)cc1.CCC(O)CNC.CCC(O)CNC.CCC(O)CNC.CCC(O)CNC.CCC(O)CNC.CCC(O)CNC.CN.CN.CN.CN.CN.CN.CN.CN.CNCC(O)COc1ccc(C(C)(C)c2ccc(OCC(O)CNC)cc2)cc1. The molecule has 0 saturated carbocycles. The van der Waals surface area contributed by atoms with Gasteiger partial charge >= 0.3 is 0 Å². The number of nitrogens with two attached hydrogens (primary N) is 8. The third-order valence-corrected chi connectivity index (χ3v) is 15.2. The van der Waals surface area contributed by atoms with Crippen LogP contribution < -0.4 is 107 Å². The predicted molar refractivity (Wildman–Crippen MR) is 474 cm³/mol. The fourth-order valence-corrected chi connectivity index (χ4v) is 8.17. The highest BCUT2D eigenvalue weighted by Gasteiger charge is 2.27. The maximum absolute atomic E-state index is 9.75. The lowest BCUT2D eigenvalue weighted by Crippen LogP contribution is -2.29. The van der Waals surface area contributed by atoms with Gasteiger partial charge in [0, 0.05) is 63.2 Å². The van der Waals surface area contributed by atoms with Crippen LogP contribution >= 0.6 is 0 Å². The zero-order valence-electron chi connectivity index (χ0n) is 74.8. The Morgan fingerprint density at radius 2 is 0.429 bits per heavy atom. The fraction of sp³-hybridized carbons (Fsp3) is 0.707. The normalized spacial score (nSPS) is 14.1. The van der Waals surface area contributed by atoms with Crippen LogP contribution in [0, 0.1) is 0 Å². The van der Waals surface area contributed by atoms with E-state index in [1.807, 2.05) is 132 Å². The highest BCUT2D eigenvalue weighted by molar-refractivity contribution is 5.43. The average Bonchev–Trinajstić information content (AvgIpc) is 1.42. The summed E-state index contributed by atoms with van der Waals surface area (Å²) in [6.45, 7) is 29.2. The number of epoxide rings is 2. The zero-order chi connectivity index (χ0) is 88.7. The Morgan fingerprint density at radius 3 is 0.554 bits per heavy atom. The molecule has 112 heavy (non-hydrogen) atoms. The molecule has 2 aliphatic heterocycles. The molecule has 2 fully saturated rings. The summed E-state index contributed by atoms with van der Waals surface area (Å²) in [7, 11) is 26.6. The number of likely N-dealkylation sites (N-methyl/N-ethyl adjacent to an activating group) is 8. The van der Waals surface area contributed by atoms with Crippen molar-refractivity contribution in [2.45, 2.75) is 180 Å². The third-order valence-electron chi connectivity index (χ3n) is 15.2. The van der Waals surface area contributed by atoms with E-state index in [9.17, 15) is 10.2 Å². The summed E-state index contributed by atoms with van der Waals surface area (Å²) in [4.78, 5) is 0. The molecule has 668 valence electrons. The Morgan fingerprint density at radius 1 is 0.286 bits per heavy atom. The molecule has 10 atom stereocenters. The van der Waals surface area contributed by atoms with Crippen LogP contribution in [0.3, 0.4) is 0 Å². The van der Waals surface area contributed by atoms with Gasteiger partial charge in [0.2, 0.25) is 0 Å². The van der Waals surface area contributed by atoms with Crippen LogP contribution in [-0.4, -0.2) is 307 Å². The second kappa shape index (κ2) is 94.9. The first-order chi connectivity index (χ1) is 53.8. The lowest BCUT2D eigenvalue weighted by Gasteiger charge is -2.26. The van der Waals surface area contributed by atoms with Gasteiger partial charge in [0.1, 0.15) is 73.8 Å². The maximum atomic E-state index is 9.75. The van der Waals surface area contributed by atoms with Crippen molar-refractivity contribution in [3.05, 3.63) is 119 Å². The second-order valence-corrected chi connectivity index (χ2v) is 24.6. The van der Waals surface area contributed by atoms with Gasteiger partial charge in [-0.25, -0.2) is 0 Å². The van der Waals surface area contributed by atoms with Gasteiger partial charge in [-0.3, -0.25) is 0 Å². The van der Waals surface area contributed by atoms with E-state index in [0.717, 1.165) is 74.7 Å². The van der Waals surface area contributed by atoms with Crippen molar-refractivity contribution in [1.82, 2.24) is 42.5 Å². The lowest BCUT2D eigenvalue weighted by molar-refractivity contribution is 0.108. The molecule has 0 aromatic heterocycles. The fourth-order valence-electron chi connectivity index (χ4n) is 8.17. The first kappa shape index (κ1) is 128. The summed E-state index contributed by atoms with van der Waals surface area (Å²) in [6.07, 6.45) is 3.53. The van der Waals surface area contributed by atoms with Crippen molar-refractivity contribution in [3.63, 3.8) is 0 Å². The van der Waals surface area contributed by atoms with Gasteiger partial charge in [-0.15, -0.1) is 0 Å². The molecular formula is C82H176N16O14. The zero-order valence-corrected chi connectivity index (χ0v) is 74.8. The second-order valence-electron chi connectivity index (χ2n) is 24.6. The molecule has 2 heterocycles. The molecule has 30 nitrogen and oxygen atoms in total. The van der Waals surface area contributed by atoms with Gasteiger partial charge in [0.25, 0.3) is 0 Å². The van der Waals surface area contributed by atoms with Crippen molar-refractivity contribution in [2.24, 2.45) is 45.9 Å². The van der Waals surface area contributed by atoms with Gasteiger partial charge in [0.05, 0.1) is 49.8 Å². The summed E-state index contributed by atoms with van der Waals surface area (Å²) in [5, 5.41) is 95.3. The van der Waals surface area contributed by atoms with E-state index in [1.165, 1.54) is 78.6 Å². The van der Waals surface area contributed by atoms with E-state index in [-0.39, 0.29) is 72.9 Å². The smallest absolute Gasteiger partial charge is 0.119 e. The van der Waals surface area contributed by atoms with Gasteiger partial charge in [-0.05, 0) is 222 Å². The van der Waals surface area contributed by atoms with E-state index in [4.69, 9.17) is 59.1 Å². The van der Waals surface area contributed by atoms with Crippen LogP contribution in [0.1, 0.15) is 130 Å². The molecule has 6 rings (SSSR count). The topological polar surface area (TPSA) is 528 Å². The molecule has 4 aromatic carbocycles. The highest BCUT2D eigenvalue weighted by Crippen LogP contribution is 2.35. The minimum absolute atomic E-state index is 0.0870. The van der Waals surface area contributed by atoms with Crippen molar-refractivity contribution >= 4 is 0 Å². The molecule has 4 aromatic rings. The van der Waals surface area contributed by atoms with E-state index < -0.39 is 12.2 Å². The van der Waals surface area contributed by atoms with Gasteiger partial charge < -0.3 is 158 Å². The quantitative estimate of drug-likeness (QED) is 0.0285. The van der Waals surface area contributed by atoms with Crippen LogP contribution in [0.15, 0.2) is 97.1 Å². The summed E-state index contributed by atoms with van der Waals surface area (Å²) >= 11 is 0. The van der Waals surface area contributed by atoms with Crippen LogP contribution in [0.25, 0.3) is 0 Å². The summed E-state index contributed by atoms with van der Waals surface area (Å²) in [5.41, 5.74) is 40.6. The third kappa shape index (κ3) is 77.6. The van der Waals surface area contributed by atoms with Crippen molar-refractivity contribution in [2.75, 3.05) is 205 Å². The Labute approximate surface area is 681 Å². The number of hydrogen-bond acceptors (Lipinski definition) is 30. The van der Waals surface area contributed by atoms with Crippen LogP contribution in [0.4, 0.5) is 0 Å². The Hall–Kier alpha value is -4.96. The largest absolute Gasteiger partial charge is 0.491 e. The number of nitrogens with one attached hydrogen (secondary N) is 8. The first-order valence-electron chi connectivity index (χ1n) is 39.2. The van der Waals surface area contributed by atoms with Crippen LogP contribution in [0.5, 0.6) is 23.0 Å². The first-order valence-corrected chi connectivity index (χ1v) is 39.2. The molecule has 30 heteroatoms. The molecular weight excluding hydrogens is 1430 g/mol. The van der Waals surface area contributed by atoms with Crippen LogP contribution in [-0.2, 0) is 20.3 Å². The summed E-state index contributed by atoms with van der Waals surface area (Å²) < 4.78 is 33.1. The standard InChI is InChI=1S/C23H34N2O4.C21H24O4.6C5H13NO.8CH5N/c1-23(2,17-5-9-21(10-6-17)28-15-19(26)13-24-3)18-7-11-22(12-8-18)29-16-20(27)14-25-4;1-21(2,15-3-7-17(8-4-15)22-11-19-13-24-19)16-5-9-18(10-6-16)23-12-20-14-25-20;6*1-3-5(7)4-6-2;8*1-2/h5-12,19-20,24-27H,13-16H2,1-4H3;3-10,19-20H,11-14H2,1-2H3;6*5-7H,3-4H2,1-2H3;8*2H2,1H3. The van der Waals surface area contributed by atoms with Gasteiger partial charge in [-0.1, -0.05) is 118 Å². The monoisotopic (exact) mass is 1610 g/mol. The molecule has 10 unspecified atom stereocenters. The predicted octanol–water partition coefficient (Wildman–Crippen LogP) is 1.96. The number of ether oxygens (including phenoxy) is 6. The Kier molecular flexibility index (Phi) is 108. The van der Waals surface area contributed by atoms with E-state index in [2.05, 4.69) is 165 Å². The molecule has 2 aliphatic rings. The Balaban J connectivity index is -0.000000140. The Bertz CT molecular complexity index is 2150. The molecule has 0 spiro atoms. The molecule has 0 radical (unpaired) electrons. The molecule has 0 bridgehead atoms. The summed E-state index contributed by atoms with van der Waals surface area (Å²) in [6, 6.07) is 32.6. The average molecular weight is 1610 g/mol. The van der Waals surface area contributed by atoms with E-state index in [1.54, 1.807) is 14.1 Å². The van der Waals surface area contributed by atoms with E-state index >= 15 is 0 Å². The minimum atomic E-state index is -0.531. The van der Waals surface area contributed by atoms with Crippen molar-refractivity contribution < 1.29 is 69.3 Å². The summed E-state index contributed by atoms with van der Waals surface area (Å²) in [5.74, 6) is 3.26.